The molecule has 1 aliphatic heterocycles. The predicted octanol–water partition coefficient (Wildman–Crippen LogP) is 2.88. The molecule has 2 heteroatoms. The van der Waals surface area contributed by atoms with E-state index in [1.165, 1.54) is 32.1 Å². The summed E-state index contributed by atoms with van der Waals surface area (Å²) in [5, 5.41) is 8.12. The third kappa shape index (κ3) is 1.67. The highest BCUT2D eigenvalue weighted by atomic mass is 15.2. The van der Waals surface area contributed by atoms with Crippen molar-refractivity contribution in [3.63, 3.8) is 0 Å². The van der Waals surface area contributed by atoms with Crippen molar-refractivity contribution < 1.29 is 0 Å². The van der Waals surface area contributed by atoms with E-state index in [4.69, 9.17) is 5.41 Å². The Morgan fingerprint density at radius 3 is 2.64 bits per heavy atom. The Kier molecular flexibility index (Phi) is 2.80. The molecule has 0 amide bonds. The monoisotopic (exact) mass is 194 g/mol. The first-order valence-corrected chi connectivity index (χ1v) is 6.05. The first-order valence-electron chi connectivity index (χ1n) is 6.05. The molecule has 2 atom stereocenters. The molecule has 0 aromatic heterocycles. The molecule has 0 spiro atoms. The van der Waals surface area contributed by atoms with E-state index < -0.39 is 0 Å². The topological polar surface area (TPSA) is 27.1 Å². The second kappa shape index (κ2) is 3.92. The maximum atomic E-state index is 8.12. The van der Waals surface area contributed by atoms with Gasteiger partial charge in [0.1, 0.15) is 0 Å². The van der Waals surface area contributed by atoms with Crippen LogP contribution in [0.25, 0.3) is 0 Å². The van der Waals surface area contributed by atoms with Gasteiger partial charge in [0, 0.05) is 18.5 Å². The van der Waals surface area contributed by atoms with Gasteiger partial charge in [-0.3, -0.25) is 5.41 Å². The number of likely N-dealkylation sites (tertiary alicyclic amines) is 1. The molecule has 0 radical (unpaired) electrons. The van der Waals surface area contributed by atoms with Gasteiger partial charge in [0.2, 0.25) is 0 Å². The minimum atomic E-state index is 0.398. The second-order valence-corrected chi connectivity index (χ2v) is 5.13. The first-order chi connectivity index (χ1) is 6.70. The summed E-state index contributed by atoms with van der Waals surface area (Å²) in [4.78, 5) is 2.39. The molecule has 2 rings (SSSR count). The van der Waals surface area contributed by atoms with Gasteiger partial charge in [0.25, 0.3) is 0 Å². The first kappa shape index (κ1) is 10.0. The predicted molar refractivity (Wildman–Crippen MR) is 59.6 cm³/mol. The van der Waals surface area contributed by atoms with Gasteiger partial charge in [-0.15, -0.1) is 0 Å². The maximum absolute atomic E-state index is 8.12. The van der Waals surface area contributed by atoms with Crippen LogP contribution in [-0.2, 0) is 0 Å². The molecule has 2 aliphatic rings. The van der Waals surface area contributed by atoms with Crippen molar-refractivity contribution in [1.82, 2.24) is 4.90 Å². The van der Waals surface area contributed by atoms with E-state index in [2.05, 4.69) is 18.7 Å². The quantitative estimate of drug-likeness (QED) is 0.504. The number of amidine groups is 1. The normalized spacial score (nSPS) is 32.1. The van der Waals surface area contributed by atoms with Crippen LogP contribution in [0, 0.1) is 17.2 Å². The number of hydrogen-bond donors (Lipinski definition) is 1. The lowest BCUT2D eigenvalue weighted by atomic mass is 9.91. The molecule has 2 nitrogen and oxygen atoms in total. The zero-order chi connectivity index (χ0) is 10.1. The highest BCUT2D eigenvalue weighted by Crippen LogP contribution is 2.37. The summed E-state index contributed by atoms with van der Waals surface area (Å²) in [5.74, 6) is 2.18. The Balaban J connectivity index is 2.06. The SMILES string of the molecule is CC(C)C(=N)N1CCCC2CCCC21. The third-order valence-corrected chi connectivity index (χ3v) is 3.85. The van der Waals surface area contributed by atoms with Crippen LogP contribution in [0.2, 0.25) is 0 Å². The molecule has 1 aliphatic carbocycles. The van der Waals surface area contributed by atoms with E-state index in [0.717, 1.165) is 24.3 Å². The van der Waals surface area contributed by atoms with Crippen LogP contribution in [0.5, 0.6) is 0 Å². The van der Waals surface area contributed by atoms with Crippen molar-refractivity contribution in [2.45, 2.75) is 52.0 Å². The lowest BCUT2D eigenvalue weighted by Crippen LogP contribution is -2.47. The summed E-state index contributed by atoms with van der Waals surface area (Å²) >= 11 is 0. The summed E-state index contributed by atoms with van der Waals surface area (Å²) in [5.41, 5.74) is 0. The van der Waals surface area contributed by atoms with Gasteiger partial charge in [-0.2, -0.15) is 0 Å². The Hall–Kier alpha value is -0.530. The number of nitrogens with zero attached hydrogens (tertiary/aromatic N) is 1. The molecule has 80 valence electrons. The molecule has 0 aromatic rings. The van der Waals surface area contributed by atoms with Crippen LogP contribution in [0.1, 0.15) is 46.0 Å². The van der Waals surface area contributed by atoms with Crippen molar-refractivity contribution in [1.29, 1.82) is 5.41 Å². The molecule has 1 saturated carbocycles. The third-order valence-electron chi connectivity index (χ3n) is 3.85. The van der Waals surface area contributed by atoms with Crippen LogP contribution in [0.4, 0.5) is 0 Å². The van der Waals surface area contributed by atoms with E-state index in [1.54, 1.807) is 0 Å². The van der Waals surface area contributed by atoms with E-state index in [-0.39, 0.29) is 0 Å². The van der Waals surface area contributed by atoms with Crippen LogP contribution in [0.15, 0.2) is 0 Å². The van der Waals surface area contributed by atoms with Crippen LogP contribution < -0.4 is 0 Å². The lowest BCUT2D eigenvalue weighted by molar-refractivity contribution is 0.183. The van der Waals surface area contributed by atoms with Crippen molar-refractivity contribution in [3.8, 4) is 0 Å². The van der Waals surface area contributed by atoms with Crippen LogP contribution in [-0.4, -0.2) is 23.3 Å². The van der Waals surface area contributed by atoms with Gasteiger partial charge in [-0.25, -0.2) is 0 Å². The fourth-order valence-electron chi connectivity index (χ4n) is 3.08. The number of nitrogens with one attached hydrogen (secondary N) is 1. The van der Waals surface area contributed by atoms with Crippen LogP contribution >= 0.6 is 0 Å². The van der Waals surface area contributed by atoms with E-state index in [9.17, 15) is 0 Å². The Labute approximate surface area is 87.2 Å². The van der Waals surface area contributed by atoms with Crippen molar-refractivity contribution in [2.75, 3.05) is 6.54 Å². The van der Waals surface area contributed by atoms with Crippen molar-refractivity contribution >= 4 is 5.84 Å². The summed E-state index contributed by atoms with van der Waals surface area (Å²) in [6, 6.07) is 0.721. The largest absolute Gasteiger partial charge is 0.357 e. The van der Waals surface area contributed by atoms with Crippen LogP contribution in [0.3, 0.4) is 0 Å². The second-order valence-electron chi connectivity index (χ2n) is 5.13. The molecular formula is C12H22N2. The van der Waals surface area contributed by atoms with Gasteiger partial charge < -0.3 is 4.90 Å². The zero-order valence-corrected chi connectivity index (χ0v) is 9.42. The van der Waals surface area contributed by atoms with Crippen molar-refractivity contribution in [3.05, 3.63) is 0 Å². The van der Waals surface area contributed by atoms with Gasteiger partial charge in [0.15, 0.2) is 0 Å². The Morgan fingerprint density at radius 1 is 1.21 bits per heavy atom. The molecule has 2 unspecified atom stereocenters. The standard InChI is InChI=1S/C12H22N2/c1-9(2)12(13)14-8-4-6-10-5-3-7-11(10)14/h9-11,13H,3-8H2,1-2H3. The number of fused-ring (bicyclic) bond motifs is 1. The van der Waals surface area contributed by atoms with E-state index in [0.29, 0.717) is 5.92 Å². The maximum Gasteiger partial charge on any atom is 0.0986 e. The summed E-state index contributed by atoms with van der Waals surface area (Å²) < 4.78 is 0. The van der Waals surface area contributed by atoms with Gasteiger partial charge in [-0.1, -0.05) is 20.3 Å². The van der Waals surface area contributed by atoms with Gasteiger partial charge in [0.05, 0.1) is 5.84 Å². The van der Waals surface area contributed by atoms with Crippen molar-refractivity contribution in [2.24, 2.45) is 11.8 Å². The Bertz CT molecular complexity index is 222. The minimum Gasteiger partial charge on any atom is -0.357 e. The van der Waals surface area contributed by atoms with E-state index >= 15 is 0 Å². The zero-order valence-electron chi connectivity index (χ0n) is 9.42. The summed E-state index contributed by atoms with van der Waals surface area (Å²) in [6.45, 7) is 5.42. The lowest BCUT2D eigenvalue weighted by Gasteiger charge is -2.40. The molecular weight excluding hydrogens is 172 g/mol. The molecule has 0 aromatic carbocycles. The number of piperidine rings is 1. The Morgan fingerprint density at radius 2 is 1.93 bits per heavy atom. The minimum absolute atomic E-state index is 0.398. The molecule has 1 saturated heterocycles. The highest BCUT2D eigenvalue weighted by Gasteiger charge is 2.36. The van der Waals surface area contributed by atoms with E-state index in [1.807, 2.05) is 0 Å². The smallest absolute Gasteiger partial charge is 0.0986 e. The summed E-state index contributed by atoms with van der Waals surface area (Å²) in [6.07, 6.45) is 6.84. The fourth-order valence-corrected chi connectivity index (χ4v) is 3.08. The molecule has 14 heavy (non-hydrogen) atoms. The molecule has 2 fully saturated rings. The number of hydrogen-bond acceptors (Lipinski definition) is 1. The molecule has 0 bridgehead atoms. The molecule has 1 heterocycles. The summed E-state index contributed by atoms with van der Waals surface area (Å²) in [7, 11) is 0. The van der Waals surface area contributed by atoms with Gasteiger partial charge >= 0.3 is 0 Å². The average molecular weight is 194 g/mol. The highest BCUT2D eigenvalue weighted by molar-refractivity contribution is 5.81. The number of rotatable bonds is 1. The fraction of sp³-hybridized carbons (Fsp3) is 0.917. The average Bonchev–Trinajstić information content (AvgIpc) is 2.63. The molecule has 1 N–H and O–H groups in total. The van der Waals surface area contributed by atoms with Gasteiger partial charge in [-0.05, 0) is 31.6 Å².